The van der Waals surface area contributed by atoms with E-state index in [1.54, 1.807) is 28.4 Å². The molecule has 3 heteroatoms. The third-order valence-electron chi connectivity index (χ3n) is 0. The molecule has 0 saturated carbocycles. The fourth-order valence-corrected chi connectivity index (χ4v) is 0. The Morgan fingerprint density at radius 2 is 0.778 bits per heavy atom. The van der Waals surface area contributed by atoms with Gasteiger partial charge in [0.05, 0.1) is 0 Å². The molecule has 0 rings (SSSR count). The summed E-state index contributed by atoms with van der Waals surface area (Å²) in [5.74, 6) is 4.42. The summed E-state index contributed by atoms with van der Waals surface area (Å²) in [4.78, 5) is 0. The monoisotopic (exact) mass is 149 g/mol. The molecule has 0 heterocycles. The SMILES string of the molecule is COC.COC.[CH3][Al+][CH3]. The van der Waals surface area contributed by atoms with E-state index in [0.717, 1.165) is 15.2 Å². The van der Waals surface area contributed by atoms with E-state index in [9.17, 15) is 0 Å². The number of ether oxygens (including phenoxy) is 2. The van der Waals surface area contributed by atoms with Crippen LogP contribution in [0.2, 0.25) is 11.6 Å². The maximum atomic E-state index is 4.25. The summed E-state index contributed by atoms with van der Waals surface area (Å²) in [6, 6.07) is 0. The normalized spacial score (nSPS) is 5.11. The maximum absolute atomic E-state index is 4.25. The molecule has 9 heavy (non-hydrogen) atoms. The molecule has 0 atom stereocenters. The van der Waals surface area contributed by atoms with Gasteiger partial charge in [-0.3, -0.25) is 0 Å². The first-order chi connectivity index (χ1) is 4.24. The number of rotatable bonds is 0. The van der Waals surface area contributed by atoms with E-state index in [1.165, 1.54) is 0 Å². The fraction of sp³-hybridized carbons (Fsp3) is 1.00. The number of hydrogen-bond donors (Lipinski definition) is 0. The Labute approximate surface area is 65.3 Å². The molecular formula is C6H18AlO2+. The van der Waals surface area contributed by atoms with Gasteiger partial charge in [0.2, 0.25) is 0 Å². The predicted molar refractivity (Wildman–Crippen MR) is 43.3 cm³/mol. The number of methoxy groups -OCH3 is 2. The molecule has 0 radical (unpaired) electrons. The van der Waals surface area contributed by atoms with Crippen LogP contribution >= 0.6 is 0 Å². The van der Waals surface area contributed by atoms with Crippen molar-refractivity contribution < 1.29 is 9.47 Å². The van der Waals surface area contributed by atoms with Crippen molar-refractivity contribution in [2.45, 2.75) is 11.6 Å². The third kappa shape index (κ3) is 1720. The van der Waals surface area contributed by atoms with Gasteiger partial charge in [0.1, 0.15) is 0 Å². The van der Waals surface area contributed by atoms with Crippen LogP contribution in [0.5, 0.6) is 0 Å². The second kappa shape index (κ2) is 39.4. The summed E-state index contributed by atoms with van der Waals surface area (Å²) < 4.78 is 8.50. The molecule has 0 aromatic heterocycles. The van der Waals surface area contributed by atoms with Gasteiger partial charge >= 0.3 is 26.8 Å². The molecule has 0 aromatic carbocycles. The van der Waals surface area contributed by atoms with Gasteiger partial charge in [-0.25, -0.2) is 0 Å². The van der Waals surface area contributed by atoms with Crippen molar-refractivity contribution in [2.75, 3.05) is 28.4 Å². The van der Waals surface area contributed by atoms with E-state index in [0.29, 0.717) is 0 Å². The van der Waals surface area contributed by atoms with Gasteiger partial charge in [0, 0.05) is 28.4 Å². The molecule has 0 bridgehead atoms. The van der Waals surface area contributed by atoms with Crippen LogP contribution in [0.15, 0.2) is 0 Å². The van der Waals surface area contributed by atoms with E-state index in [1.807, 2.05) is 0 Å². The van der Waals surface area contributed by atoms with Gasteiger partial charge in [-0.05, 0) is 0 Å². The van der Waals surface area contributed by atoms with Crippen LogP contribution in [0, 0.1) is 0 Å². The van der Waals surface area contributed by atoms with E-state index in [2.05, 4.69) is 21.0 Å². The minimum absolute atomic E-state index is 0.750. The molecule has 0 N–H and O–H groups in total. The van der Waals surface area contributed by atoms with E-state index >= 15 is 0 Å². The molecule has 0 fully saturated rings. The second-order valence-electron chi connectivity index (χ2n) is 1.39. The summed E-state index contributed by atoms with van der Waals surface area (Å²) in [5.41, 5.74) is 0. The zero-order valence-electron chi connectivity index (χ0n) is 7.39. The van der Waals surface area contributed by atoms with Crippen LogP contribution in [0.25, 0.3) is 0 Å². The van der Waals surface area contributed by atoms with Crippen molar-refractivity contribution in [3.05, 3.63) is 0 Å². The standard InChI is InChI=1S/2C2H6O.2CH3.Al/c2*1-3-2;;;/h2*1-2H3;2*1H3;/q;;;;+1. The van der Waals surface area contributed by atoms with Crippen LogP contribution in [0.3, 0.4) is 0 Å². The van der Waals surface area contributed by atoms with E-state index in [-0.39, 0.29) is 0 Å². The zero-order chi connectivity index (χ0) is 8.12. The summed E-state index contributed by atoms with van der Waals surface area (Å²) in [7, 11) is 6.50. The average molecular weight is 149 g/mol. The van der Waals surface area contributed by atoms with Gasteiger partial charge in [0.15, 0.2) is 0 Å². The van der Waals surface area contributed by atoms with Crippen molar-refractivity contribution in [3.63, 3.8) is 0 Å². The first kappa shape index (κ1) is 16.2. The third-order valence-corrected chi connectivity index (χ3v) is 0. The van der Waals surface area contributed by atoms with Crippen LogP contribution < -0.4 is 0 Å². The Hall–Kier alpha value is 0.452. The zero-order valence-corrected chi connectivity index (χ0v) is 8.55. The van der Waals surface area contributed by atoms with Gasteiger partial charge in [0.25, 0.3) is 0 Å². The molecular weight excluding hydrogens is 131 g/mol. The van der Waals surface area contributed by atoms with Gasteiger partial charge < -0.3 is 9.47 Å². The molecule has 0 saturated heterocycles. The van der Waals surface area contributed by atoms with Gasteiger partial charge in [-0.15, -0.1) is 0 Å². The molecule has 0 aliphatic rings. The first-order valence-electron chi connectivity index (χ1n) is 2.79. The Morgan fingerprint density at radius 3 is 0.778 bits per heavy atom. The Balaban J connectivity index is -0.0000000600. The van der Waals surface area contributed by atoms with Crippen molar-refractivity contribution in [1.82, 2.24) is 0 Å². The quantitative estimate of drug-likeness (QED) is 0.483. The first-order valence-corrected chi connectivity index (χ1v) is 5.10. The molecule has 2 nitrogen and oxygen atoms in total. The molecule has 0 amide bonds. The van der Waals surface area contributed by atoms with Crippen LogP contribution in [0.1, 0.15) is 0 Å². The minimum atomic E-state index is 0.750. The Bertz CT molecular complexity index is 15.8. The molecule has 0 aromatic rings. The van der Waals surface area contributed by atoms with Crippen molar-refractivity contribution in [3.8, 4) is 0 Å². The van der Waals surface area contributed by atoms with E-state index in [4.69, 9.17) is 0 Å². The van der Waals surface area contributed by atoms with Crippen molar-refractivity contribution in [1.29, 1.82) is 0 Å². The molecule has 0 aliphatic heterocycles. The topological polar surface area (TPSA) is 18.5 Å². The molecule has 0 aliphatic carbocycles. The fourth-order valence-electron chi connectivity index (χ4n) is 0. The molecule has 0 unspecified atom stereocenters. The molecule has 56 valence electrons. The van der Waals surface area contributed by atoms with Crippen molar-refractivity contribution in [2.24, 2.45) is 0 Å². The Kier molecular flexibility index (Phi) is 71.0. The Morgan fingerprint density at radius 1 is 0.778 bits per heavy atom. The predicted octanol–water partition coefficient (Wildman–Crippen LogP) is 1.31. The van der Waals surface area contributed by atoms with Crippen molar-refractivity contribution >= 4 is 15.2 Å². The van der Waals surface area contributed by atoms with Crippen LogP contribution in [-0.4, -0.2) is 43.7 Å². The van der Waals surface area contributed by atoms with Gasteiger partial charge in [-0.1, -0.05) is 0 Å². The van der Waals surface area contributed by atoms with Crippen LogP contribution in [0.4, 0.5) is 0 Å². The second-order valence-corrected chi connectivity index (χ2v) is 2.55. The summed E-state index contributed by atoms with van der Waals surface area (Å²) in [5, 5.41) is 0. The summed E-state index contributed by atoms with van der Waals surface area (Å²) in [6.45, 7) is 0. The average Bonchev–Trinajstić information content (AvgIpc) is 1.70. The summed E-state index contributed by atoms with van der Waals surface area (Å²) in [6.07, 6.45) is 0. The summed E-state index contributed by atoms with van der Waals surface area (Å²) >= 11 is 0.750. The van der Waals surface area contributed by atoms with Crippen LogP contribution in [-0.2, 0) is 9.47 Å². The van der Waals surface area contributed by atoms with E-state index < -0.39 is 0 Å². The molecule has 0 spiro atoms. The number of hydrogen-bond acceptors (Lipinski definition) is 2. The van der Waals surface area contributed by atoms with Gasteiger partial charge in [-0.2, -0.15) is 0 Å².